The molecule has 0 aliphatic heterocycles. The lowest BCUT2D eigenvalue weighted by molar-refractivity contribution is -0.137. The van der Waals surface area contributed by atoms with Crippen LogP contribution in [0.25, 0.3) is 0 Å². The fourth-order valence-electron chi connectivity index (χ4n) is 2.45. The second kappa shape index (κ2) is 8.84. The number of pyridine rings is 1. The third kappa shape index (κ3) is 5.95. The lowest BCUT2D eigenvalue weighted by Crippen LogP contribution is -2.07. The second-order valence-corrected chi connectivity index (χ2v) is 6.85. The van der Waals surface area contributed by atoms with Crippen molar-refractivity contribution in [3.05, 3.63) is 69.7 Å². The number of alkyl halides is 3. The lowest BCUT2D eigenvalue weighted by atomic mass is 10.1. The van der Waals surface area contributed by atoms with E-state index in [1.807, 2.05) is 12.1 Å². The number of nitrogens with zero attached hydrogens (tertiary/aromatic N) is 3. The Hall–Kier alpha value is -2.58. The minimum atomic E-state index is -4.51. The molecule has 10 heteroatoms. The lowest BCUT2D eigenvalue weighted by Gasteiger charge is -2.11. The molecule has 0 saturated carbocycles. The molecule has 152 valence electrons. The minimum absolute atomic E-state index is 0.0925. The second-order valence-electron chi connectivity index (χ2n) is 6.05. The highest BCUT2D eigenvalue weighted by atomic mass is 35.5. The molecule has 0 radical (unpaired) electrons. The quantitative estimate of drug-likeness (QED) is 0.477. The van der Waals surface area contributed by atoms with Crippen LogP contribution in [0.2, 0.25) is 10.2 Å². The maximum Gasteiger partial charge on any atom is 0.417 e. The fourth-order valence-corrected chi connectivity index (χ4v) is 2.88. The monoisotopic (exact) mass is 442 g/mol. The van der Waals surface area contributed by atoms with E-state index in [1.54, 1.807) is 25.1 Å². The van der Waals surface area contributed by atoms with E-state index in [4.69, 9.17) is 27.9 Å². The Bertz CT molecular complexity index is 977. The van der Waals surface area contributed by atoms with Crippen LogP contribution in [-0.4, -0.2) is 21.5 Å². The van der Waals surface area contributed by atoms with Crippen LogP contribution in [0.15, 0.2) is 42.6 Å². The van der Waals surface area contributed by atoms with E-state index in [9.17, 15) is 13.2 Å². The van der Waals surface area contributed by atoms with Crippen LogP contribution in [0.3, 0.4) is 0 Å². The number of hydrogen-bond donors (Lipinski definition) is 1. The van der Waals surface area contributed by atoms with Gasteiger partial charge >= 0.3 is 6.18 Å². The first kappa shape index (κ1) is 21.1. The standard InChI is InChI=1S/C19H15Cl2F3N4O/c1-11-27-16(21)9-17(28-11)25-7-6-12-2-4-14(5-3-12)29-18-15(20)8-13(10-26-18)19(22,23)24/h2-5,8-10H,6-7H2,1H3,(H,25,27,28). The van der Waals surface area contributed by atoms with Crippen molar-refractivity contribution in [2.75, 3.05) is 11.9 Å². The number of ether oxygens (including phenoxy) is 1. The largest absolute Gasteiger partial charge is 0.438 e. The van der Waals surface area contributed by atoms with Gasteiger partial charge in [-0.3, -0.25) is 0 Å². The molecule has 2 heterocycles. The molecule has 2 aromatic heterocycles. The smallest absolute Gasteiger partial charge is 0.417 e. The number of benzene rings is 1. The summed E-state index contributed by atoms with van der Waals surface area (Å²) < 4.78 is 43.5. The predicted molar refractivity (Wildman–Crippen MR) is 105 cm³/mol. The van der Waals surface area contributed by atoms with Crippen LogP contribution in [0.4, 0.5) is 19.0 Å². The predicted octanol–water partition coefficient (Wildman–Crippen LogP) is 5.95. The molecule has 0 aliphatic rings. The van der Waals surface area contributed by atoms with E-state index in [0.29, 0.717) is 41.7 Å². The number of aryl methyl sites for hydroxylation is 1. The van der Waals surface area contributed by atoms with E-state index in [0.717, 1.165) is 11.6 Å². The average molecular weight is 443 g/mol. The van der Waals surface area contributed by atoms with Crippen molar-refractivity contribution in [2.24, 2.45) is 0 Å². The van der Waals surface area contributed by atoms with Gasteiger partial charge < -0.3 is 10.1 Å². The Labute approximate surface area is 174 Å². The molecule has 29 heavy (non-hydrogen) atoms. The van der Waals surface area contributed by atoms with E-state index in [-0.39, 0.29) is 10.9 Å². The van der Waals surface area contributed by atoms with Gasteiger partial charge in [0, 0.05) is 18.8 Å². The molecule has 0 unspecified atom stereocenters. The van der Waals surface area contributed by atoms with Crippen LogP contribution < -0.4 is 10.1 Å². The summed E-state index contributed by atoms with van der Waals surface area (Å²) in [6.07, 6.45) is -3.12. The summed E-state index contributed by atoms with van der Waals surface area (Å²) >= 11 is 11.7. The van der Waals surface area contributed by atoms with Gasteiger partial charge in [-0.2, -0.15) is 13.2 Å². The molecule has 3 rings (SSSR count). The Kier molecular flexibility index (Phi) is 6.44. The normalized spacial score (nSPS) is 11.4. The minimum Gasteiger partial charge on any atom is -0.438 e. The number of anilines is 1. The summed E-state index contributed by atoms with van der Waals surface area (Å²) in [6, 6.07) is 9.49. The van der Waals surface area contributed by atoms with E-state index >= 15 is 0 Å². The van der Waals surface area contributed by atoms with Crippen molar-refractivity contribution in [1.29, 1.82) is 0 Å². The highest BCUT2D eigenvalue weighted by Crippen LogP contribution is 2.34. The van der Waals surface area contributed by atoms with Crippen LogP contribution in [0, 0.1) is 6.92 Å². The third-order valence-electron chi connectivity index (χ3n) is 3.80. The van der Waals surface area contributed by atoms with Crippen molar-refractivity contribution in [2.45, 2.75) is 19.5 Å². The number of halogens is 5. The molecule has 0 spiro atoms. The molecule has 3 aromatic rings. The Morgan fingerprint density at radius 2 is 1.79 bits per heavy atom. The maximum absolute atomic E-state index is 12.7. The van der Waals surface area contributed by atoms with Crippen molar-refractivity contribution in [3.8, 4) is 11.6 Å². The summed E-state index contributed by atoms with van der Waals surface area (Å²) in [4.78, 5) is 11.9. The molecule has 0 aliphatic carbocycles. The van der Waals surface area contributed by atoms with Gasteiger partial charge in [-0.05, 0) is 37.1 Å². The zero-order valence-electron chi connectivity index (χ0n) is 15.1. The zero-order valence-corrected chi connectivity index (χ0v) is 16.6. The molecule has 0 saturated heterocycles. The summed E-state index contributed by atoms with van der Waals surface area (Å²) in [6.45, 7) is 2.38. The number of aromatic nitrogens is 3. The van der Waals surface area contributed by atoms with Crippen molar-refractivity contribution in [3.63, 3.8) is 0 Å². The first-order valence-electron chi connectivity index (χ1n) is 8.45. The van der Waals surface area contributed by atoms with Gasteiger partial charge in [0.25, 0.3) is 0 Å². The molecular weight excluding hydrogens is 428 g/mol. The van der Waals surface area contributed by atoms with Gasteiger partial charge in [-0.1, -0.05) is 35.3 Å². The third-order valence-corrected chi connectivity index (χ3v) is 4.26. The first-order valence-corrected chi connectivity index (χ1v) is 9.21. The molecule has 0 fully saturated rings. The van der Waals surface area contributed by atoms with Crippen molar-refractivity contribution < 1.29 is 17.9 Å². The van der Waals surface area contributed by atoms with E-state index in [1.165, 1.54) is 0 Å². The zero-order chi connectivity index (χ0) is 21.0. The van der Waals surface area contributed by atoms with Crippen LogP contribution in [-0.2, 0) is 12.6 Å². The van der Waals surface area contributed by atoms with Gasteiger partial charge in [0.05, 0.1) is 5.56 Å². The van der Waals surface area contributed by atoms with Gasteiger partial charge in [-0.15, -0.1) is 0 Å². The maximum atomic E-state index is 12.7. The number of rotatable bonds is 6. The Balaban J connectivity index is 1.57. The fraction of sp³-hybridized carbons (Fsp3) is 0.211. The topological polar surface area (TPSA) is 59.9 Å². The highest BCUT2D eigenvalue weighted by molar-refractivity contribution is 6.31. The van der Waals surface area contributed by atoms with Crippen molar-refractivity contribution in [1.82, 2.24) is 15.0 Å². The van der Waals surface area contributed by atoms with Crippen LogP contribution in [0.5, 0.6) is 11.6 Å². The number of hydrogen-bond acceptors (Lipinski definition) is 5. The molecular formula is C19H15Cl2F3N4O. The SMILES string of the molecule is Cc1nc(Cl)cc(NCCc2ccc(Oc3ncc(C(F)(F)F)cc3Cl)cc2)n1. The van der Waals surface area contributed by atoms with Gasteiger partial charge in [-0.25, -0.2) is 15.0 Å². The summed E-state index contributed by atoms with van der Waals surface area (Å²) in [5.41, 5.74) is 0.0890. The van der Waals surface area contributed by atoms with E-state index in [2.05, 4.69) is 20.3 Å². The average Bonchev–Trinajstić information content (AvgIpc) is 2.63. The molecule has 5 nitrogen and oxygen atoms in total. The molecule has 0 amide bonds. The number of nitrogens with one attached hydrogen (secondary N) is 1. The first-order chi connectivity index (χ1) is 13.7. The summed E-state index contributed by atoms with van der Waals surface area (Å²) in [5, 5.41) is 3.32. The summed E-state index contributed by atoms with van der Waals surface area (Å²) in [5.74, 6) is 1.54. The molecule has 0 bridgehead atoms. The highest BCUT2D eigenvalue weighted by Gasteiger charge is 2.31. The van der Waals surface area contributed by atoms with Crippen LogP contribution in [0.1, 0.15) is 17.0 Å². The summed E-state index contributed by atoms with van der Waals surface area (Å²) in [7, 11) is 0. The van der Waals surface area contributed by atoms with Crippen molar-refractivity contribution >= 4 is 29.0 Å². The van der Waals surface area contributed by atoms with Gasteiger partial charge in [0.2, 0.25) is 5.88 Å². The van der Waals surface area contributed by atoms with E-state index < -0.39 is 11.7 Å². The van der Waals surface area contributed by atoms with Gasteiger partial charge in [0.1, 0.15) is 27.6 Å². The Morgan fingerprint density at radius 1 is 1.07 bits per heavy atom. The van der Waals surface area contributed by atoms with Gasteiger partial charge in [0.15, 0.2) is 0 Å². The molecule has 1 N–H and O–H groups in total. The molecule has 1 aromatic carbocycles. The van der Waals surface area contributed by atoms with Crippen LogP contribution >= 0.6 is 23.2 Å². The Morgan fingerprint density at radius 3 is 2.41 bits per heavy atom. The molecule has 0 atom stereocenters.